The number of anilines is 2. The smallest absolute Gasteiger partial charge is 0.338 e. The van der Waals surface area contributed by atoms with Gasteiger partial charge in [-0.2, -0.15) is 0 Å². The van der Waals surface area contributed by atoms with Crippen LogP contribution in [-0.2, 0) is 14.3 Å². The molecular formula is C19H16F2N2O5. The maximum atomic E-state index is 13.2. The molecular weight excluding hydrogens is 374 g/mol. The Morgan fingerprint density at radius 1 is 0.893 bits per heavy atom. The maximum absolute atomic E-state index is 13.2. The number of rotatable bonds is 6. The van der Waals surface area contributed by atoms with E-state index in [1.54, 1.807) is 0 Å². The molecule has 9 heteroatoms. The molecule has 0 heterocycles. The van der Waals surface area contributed by atoms with Gasteiger partial charge < -0.3 is 15.4 Å². The zero-order chi connectivity index (χ0) is 20.8. The van der Waals surface area contributed by atoms with Gasteiger partial charge in [-0.1, -0.05) is 0 Å². The first kappa shape index (κ1) is 20.7. The Hall–Kier alpha value is -3.62. The van der Waals surface area contributed by atoms with Gasteiger partial charge in [0.15, 0.2) is 6.61 Å². The summed E-state index contributed by atoms with van der Waals surface area (Å²) in [6, 6.07) is 6.30. The number of amides is 2. The van der Waals surface area contributed by atoms with Crippen LogP contribution in [0.1, 0.15) is 34.6 Å². The zero-order valence-electron chi connectivity index (χ0n) is 15.0. The Kier molecular flexibility index (Phi) is 6.54. The van der Waals surface area contributed by atoms with Crippen LogP contribution in [0.3, 0.4) is 0 Å². The largest absolute Gasteiger partial charge is 0.454 e. The van der Waals surface area contributed by atoms with E-state index in [9.17, 15) is 28.0 Å². The van der Waals surface area contributed by atoms with Crippen molar-refractivity contribution in [3.05, 3.63) is 59.2 Å². The second kappa shape index (κ2) is 8.85. The molecule has 0 atom stereocenters. The topological polar surface area (TPSA) is 102 Å². The molecule has 2 N–H and O–H groups in total. The van der Waals surface area contributed by atoms with E-state index < -0.39 is 35.9 Å². The summed E-state index contributed by atoms with van der Waals surface area (Å²) in [5, 5.41) is 4.96. The van der Waals surface area contributed by atoms with E-state index in [4.69, 9.17) is 4.74 Å². The second-order valence-electron chi connectivity index (χ2n) is 5.78. The monoisotopic (exact) mass is 390 g/mol. The van der Waals surface area contributed by atoms with E-state index >= 15 is 0 Å². The highest BCUT2D eigenvalue weighted by atomic mass is 19.1. The van der Waals surface area contributed by atoms with Crippen LogP contribution >= 0.6 is 0 Å². The van der Waals surface area contributed by atoms with E-state index in [1.165, 1.54) is 32.0 Å². The first-order chi connectivity index (χ1) is 13.2. The summed E-state index contributed by atoms with van der Waals surface area (Å²) >= 11 is 0. The van der Waals surface area contributed by atoms with Gasteiger partial charge in [0.1, 0.15) is 11.6 Å². The van der Waals surface area contributed by atoms with Gasteiger partial charge in [0.05, 0.1) is 11.3 Å². The quantitative estimate of drug-likeness (QED) is 0.583. The Bertz CT molecular complexity index is 939. The lowest BCUT2D eigenvalue weighted by molar-refractivity contribution is -0.115. The lowest BCUT2D eigenvalue weighted by atomic mass is 10.1. The SMILES string of the molecule is CC(=O)Nc1ccc(C(=O)COC(=O)c2cc(F)cc(F)c2)c(NC(C)=O)c1. The van der Waals surface area contributed by atoms with Crippen LogP contribution in [0.5, 0.6) is 0 Å². The highest BCUT2D eigenvalue weighted by Gasteiger charge is 2.17. The van der Waals surface area contributed by atoms with E-state index in [-0.39, 0.29) is 22.7 Å². The fraction of sp³-hybridized carbons (Fsp3) is 0.158. The third kappa shape index (κ3) is 5.70. The Morgan fingerprint density at radius 2 is 1.50 bits per heavy atom. The van der Waals surface area contributed by atoms with E-state index in [2.05, 4.69) is 10.6 Å². The molecule has 2 aromatic rings. The molecule has 146 valence electrons. The van der Waals surface area contributed by atoms with Crippen LogP contribution in [-0.4, -0.2) is 30.2 Å². The molecule has 0 unspecified atom stereocenters. The fourth-order valence-electron chi connectivity index (χ4n) is 2.33. The molecule has 0 radical (unpaired) electrons. The van der Waals surface area contributed by atoms with Crippen molar-refractivity contribution in [2.24, 2.45) is 0 Å². The minimum absolute atomic E-state index is 0.0301. The first-order valence-electron chi connectivity index (χ1n) is 8.01. The average Bonchev–Trinajstić information content (AvgIpc) is 2.57. The Labute approximate surface area is 158 Å². The molecule has 2 rings (SSSR count). The average molecular weight is 390 g/mol. The van der Waals surface area contributed by atoms with Crippen molar-refractivity contribution in [2.75, 3.05) is 17.2 Å². The molecule has 0 saturated heterocycles. The minimum atomic E-state index is -1.08. The van der Waals surface area contributed by atoms with Crippen molar-refractivity contribution < 1.29 is 32.7 Å². The van der Waals surface area contributed by atoms with E-state index in [0.29, 0.717) is 11.8 Å². The molecule has 0 aliphatic carbocycles. The van der Waals surface area contributed by atoms with Crippen LogP contribution in [0, 0.1) is 11.6 Å². The van der Waals surface area contributed by atoms with Crippen LogP contribution < -0.4 is 10.6 Å². The number of halogens is 2. The summed E-state index contributed by atoms with van der Waals surface area (Å²) in [4.78, 5) is 46.8. The van der Waals surface area contributed by atoms with Gasteiger partial charge in [0, 0.05) is 31.2 Å². The first-order valence-corrected chi connectivity index (χ1v) is 8.01. The predicted octanol–water partition coefficient (Wildman–Crippen LogP) is 2.92. The van der Waals surface area contributed by atoms with Crippen LogP contribution in [0.4, 0.5) is 20.2 Å². The number of carbonyl (C=O) groups excluding carboxylic acids is 4. The Morgan fingerprint density at radius 3 is 2.07 bits per heavy atom. The molecule has 0 aromatic heterocycles. The lowest BCUT2D eigenvalue weighted by Crippen LogP contribution is -2.18. The highest BCUT2D eigenvalue weighted by molar-refractivity contribution is 6.07. The number of esters is 1. The second-order valence-corrected chi connectivity index (χ2v) is 5.78. The van der Waals surface area contributed by atoms with Crippen molar-refractivity contribution in [1.82, 2.24) is 0 Å². The molecule has 0 bridgehead atoms. The number of hydrogen-bond acceptors (Lipinski definition) is 5. The summed E-state index contributed by atoms with van der Waals surface area (Å²) in [6.45, 7) is 1.81. The summed E-state index contributed by atoms with van der Waals surface area (Å²) in [7, 11) is 0. The molecule has 28 heavy (non-hydrogen) atoms. The molecule has 2 aromatic carbocycles. The number of ketones is 1. The van der Waals surface area contributed by atoms with Gasteiger partial charge in [-0.25, -0.2) is 13.6 Å². The number of Topliss-reactive ketones (excluding diaryl/α,β-unsaturated/α-hetero) is 1. The normalized spacial score (nSPS) is 10.1. The van der Waals surface area contributed by atoms with Gasteiger partial charge in [-0.15, -0.1) is 0 Å². The summed E-state index contributed by atoms with van der Waals surface area (Å²) in [5.74, 6) is -4.46. The van der Waals surface area contributed by atoms with Crippen molar-refractivity contribution in [3.63, 3.8) is 0 Å². The number of carbonyl (C=O) groups is 4. The van der Waals surface area contributed by atoms with Gasteiger partial charge >= 0.3 is 5.97 Å². The predicted molar refractivity (Wildman–Crippen MR) is 96.0 cm³/mol. The van der Waals surface area contributed by atoms with E-state index in [1.807, 2.05) is 0 Å². The number of ether oxygens (including phenoxy) is 1. The molecule has 0 aliphatic rings. The van der Waals surface area contributed by atoms with Crippen LogP contribution in [0.15, 0.2) is 36.4 Å². The number of benzene rings is 2. The molecule has 0 aliphatic heterocycles. The third-order valence-electron chi connectivity index (χ3n) is 3.38. The van der Waals surface area contributed by atoms with Crippen LogP contribution in [0.2, 0.25) is 0 Å². The zero-order valence-corrected chi connectivity index (χ0v) is 15.0. The Balaban J connectivity index is 2.17. The van der Waals surface area contributed by atoms with Gasteiger partial charge in [0.2, 0.25) is 17.6 Å². The maximum Gasteiger partial charge on any atom is 0.338 e. The third-order valence-corrected chi connectivity index (χ3v) is 3.38. The van der Waals surface area contributed by atoms with Crippen LogP contribution in [0.25, 0.3) is 0 Å². The number of hydrogen-bond donors (Lipinski definition) is 2. The van der Waals surface area contributed by atoms with Crippen molar-refractivity contribution in [2.45, 2.75) is 13.8 Å². The van der Waals surface area contributed by atoms with Crippen molar-refractivity contribution in [3.8, 4) is 0 Å². The van der Waals surface area contributed by atoms with Gasteiger partial charge in [-0.3, -0.25) is 14.4 Å². The molecule has 7 nitrogen and oxygen atoms in total. The standard InChI is InChI=1S/C19H16F2N2O5/c1-10(24)22-15-3-4-16(17(8-15)23-11(2)25)18(26)9-28-19(27)12-5-13(20)7-14(21)6-12/h3-8H,9H2,1-2H3,(H,22,24)(H,23,25). The summed E-state index contributed by atoms with van der Waals surface area (Å²) in [6.07, 6.45) is 0. The molecule has 0 spiro atoms. The van der Waals surface area contributed by atoms with Crippen molar-refractivity contribution >= 4 is 34.9 Å². The lowest BCUT2D eigenvalue weighted by Gasteiger charge is -2.12. The minimum Gasteiger partial charge on any atom is -0.454 e. The highest BCUT2D eigenvalue weighted by Crippen LogP contribution is 2.22. The van der Waals surface area contributed by atoms with E-state index in [0.717, 1.165) is 12.1 Å². The molecule has 0 saturated carbocycles. The van der Waals surface area contributed by atoms with Gasteiger partial charge in [0.25, 0.3) is 0 Å². The summed E-state index contributed by atoms with van der Waals surface area (Å²) < 4.78 is 31.1. The van der Waals surface area contributed by atoms with Crippen molar-refractivity contribution in [1.29, 1.82) is 0 Å². The molecule has 0 fully saturated rings. The number of nitrogens with one attached hydrogen (secondary N) is 2. The van der Waals surface area contributed by atoms with Gasteiger partial charge in [-0.05, 0) is 30.3 Å². The summed E-state index contributed by atoms with van der Waals surface area (Å²) in [5.41, 5.74) is 0.104. The fourth-order valence-corrected chi connectivity index (χ4v) is 2.33. The molecule has 2 amide bonds.